The van der Waals surface area contributed by atoms with E-state index in [2.05, 4.69) is 31.1 Å². The largest absolute Gasteiger partial charge is 0.254 e. The van der Waals surface area contributed by atoms with Gasteiger partial charge >= 0.3 is 0 Å². The molecular formula is C9H14BrN3S. The maximum atomic E-state index is 4.12. The molecule has 0 aromatic carbocycles. The Morgan fingerprint density at radius 2 is 2.29 bits per heavy atom. The van der Waals surface area contributed by atoms with Crippen LogP contribution in [0.25, 0.3) is 0 Å². The first-order valence-electron chi connectivity index (χ1n) is 4.89. The van der Waals surface area contributed by atoms with Gasteiger partial charge in [0.2, 0.25) is 0 Å². The van der Waals surface area contributed by atoms with Crippen LogP contribution in [0.1, 0.15) is 25.7 Å². The SMILES string of the molecule is BrCC1(CSc2ncn[nH]2)CCCC1. The van der Waals surface area contributed by atoms with Crippen LogP contribution in [0.15, 0.2) is 11.5 Å². The second-order valence-corrected chi connectivity index (χ2v) is 5.44. The highest BCUT2D eigenvalue weighted by molar-refractivity contribution is 9.09. The summed E-state index contributed by atoms with van der Waals surface area (Å²) in [6, 6.07) is 0. The normalized spacial score (nSPS) is 20.1. The Morgan fingerprint density at radius 1 is 1.50 bits per heavy atom. The van der Waals surface area contributed by atoms with Gasteiger partial charge in [0.15, 0.2) is 5.16 Å². The van der Waals surface area contributed by atoms with Crippen LogP contribution >= 0.6 is 27.7 Å². The van der Waals surface area contributed by atoms with Gasteiger partial charge in [-0.3, -0.25) is 5.10 Å². The van der Waals surface area contributed by atoms with Crippen molar-refractivity contribution in [2.24, 2.45) is 5.41 Å². The molecule has 1 aromatic heterocycles. The van der Waals surface area contributed by atoms with Crippen LogP contribution in [-0.2, 0) is 0 Å². The molecule has 1 aliphatic carbocycles. The van der Waals surface area contributed by atoms with Crippen molar-refractivity contribution in [3.8, 4) is 0 Å². The molecule has 2 rings (SSSR count). The summed E-state index contributed by atoms with van der Waals surface area (Å²) in [5.74, 6) is 1.15. The van der Waals surface area contributed by atoms with Gasteiger partial charge in [-0.25, -0.2) is 4.98 Å². The van der Waals surface area contributed by atoms with Gasteiger partial charge in [-0.15, -0.1) is 0 Å². The molecule has 1 aliphatic rings. The molecule has 78 valence electrons. The second kappa shape index (κ2) is 4.66. The number of thioether (sulfide) groups is 1. The lowest BCUT2D eigenvalue weighted by molar-refractivity contribution is 0.405. The van der Waals surface area contributed by atoms with E-state index in [1.807, 2.05) is 0 Å². The van der Waals surface area contributed by atoms with Crippen molar-refractivity contribution >= 4 is 27.7 Å². The molecule has 1 heterocycles. The van der Waals surface area contributed by atoms with Gasteiger partial charge in [-0.1, -0.05) is 40.5 Å². The van der Waals surface area contributed by atoms with E-state index < -0.39 is 0 Å². The van der Waals surface area contributed by atoms with E-state index in [9.17, 15) is 0 Å². The monoisotopic (exact) mass is 275 g/mol. The Balaban J connectivity index is 1.89. The van der Waals surface area contributed by atoms with Crippen LogP contribution in [-0.4, -0.2) is 26.3 Å². The zero-order valence-electron chi connectivity index (χ0n) is 8.00. The van der Waals surface area contributed by atoms with E-state index in [4.69, 9.17) is 0 Å². The minimum atomic E-state index is 0.497. The fourth-order valence-corrected chi connectivity index (χ4v) is 4.02. The predicted molar refractivity (Wildman–Crippen MR) is 61.8 cm³/mol. The van der Waals surface area contributed by atoms with E-state index in [1.54, 1.807) is 18.1 Å². The number of hydrogen-bond donors (Lipinski definition) is 1. The highest BCUT2D eigenvalue weighted by atomic mass is 79.9. The molecule has 0 amide bonds. The first kappa shape index (κ1) is 10.5. The fraction of sp³-hybridized carbons (Fsp3) is 0.778. The van der Waals surface area contributed by atoms with E-state index >= 15 is 0 Å². The van der Waals surface area contributed by atoms with Gasteiger partial charge in [-0.2, -0.15) is 5.10 Å². The summed E-state index contributed by atoms with van der Waals surface area (Å²) >= 11 is 5.43. The van der Waals surface area contributed by atoms with Gasteiger partial charge in [0, 0.05) is 11.1 Å². The summed E-state index contributed by atoms with van der Waals surface area (Å²) in [6.07, 6.45) is 7.02. The number of halogens is 1. The molecule has 0 spiro atoms. The number of rotatable bonds is 4. The molecule has 0 unspecified atom stereocenters. The lowest BCUT2D eigenvalue weighted by Crippen LogP contribution is -2.21. The molecule has 1 aromatic rings. The molecule has 0 bridgehead atoms. The van der Waals surface area contributed by atoms with Crippen LogP contribution < -0.4 is 0 Å². The average Bonchev–Trinajstić information content (AvgIpc) is 2.87. The lowest BCUT2D eigenvalue weighted by atomic mass is 9.92. The first-order valence-corrected chi connectivity index (χ1v) is 6.99. The van der Waals surface area contributed by atoms with E-state index in [0.29, 0.717) is 5.41 Å². The second-order valence-electron chi connectivity index (χ2n) is 3.92. The summed E-state index contributed by atoms with van der Waals surface area (Å²) in [7, 11) is 0. The fourth-order valence-electron chi connectivity index (χ4n) is 1.93. The molecule has 0 atom stereocenters. The van der Waals surface area contributed by atoms with Crippen LogP contribution in [0.5, 0.6) is 0 Å². The predicted octanol–water partition coefficient (Wildman–Crippen LogP) is 2.85. The van der Waals surface area contributed by atoms with E-state index in [0.717, 1.165) is 16.2 Å². The molecule has 0 radical (unpaired) electrons. The van der Waals surface area contributed by atoms with Gasteiger partial charge < -0.3 is 0 Å². The minimum absolute atomic E-state index is 0.497. The third-order valence-corrected chi connectivity index (χ3v) is 5.27. The minimum Gasteiger partial charge on any atom is -0.254 e. The molecule has 3 nitrogen and oxygen atoms in total. The summed E-state index contributed by atoms with van der Waals surface area (Å²) < 4.78 is 0. The van der Waals surface area contributed by atoms with Crippen molar-refractivity contribution in [1.29, 1.82) is 0 Å². The third kappa shape index (κ3) is 2.31. The molecule has 5 heteroatoms. The first-order chi connectivity index (χ1) is 6.85. The van der Waals surface area contributed by atoms with Crippen LogP contribution in [0.2, 0.25) is 0 Å². The molecule has 0 aliphatic heterocycles. The van der Waals surface area contributed by atoms with Crippen LogP contribution in [0.4, 0.5) is 0 Å². The number of nitrogens with one attached hydrogen (secondary N) is 1. The zero-order chi connectivity index (χ0) is 9.86. The van der Waals surface area contributed by atoms with E-state index in [1.165, 1.54) is 25.7 Å². The Morgan fingerprint density at radius 3 is 2.86 bits per heavy atom. The van der Waals surface area contributed by atoms with Crippen molar-refractivity contribution in [2.75, 3.05) is 11.1 Å². The number of aromatic amines is 1. The standard InChI is InChI=1S/C9H14BrN3S/c10-5-9(3-1-2-4-9)6-14-8-11-7-12-13-8/h7H,1-6H2,(H,11,12,13). The van der Waals surface area contributed by atoms with Gasteiger partial charge in [0.25, 0.3) is 0 Å². The molecule has 1 saturated carbocycles. The molecule has 1 fully saturated rings. The maximum absolute atomic E-state index is 4.12. The zero-order valence-corrected chi connectivity index (χ0v) is 10.4. The number of aromatic nitrogens is 3. The van der Waals surface area contributed by atoms with Gasteiger partial charge in [0.1, 0.15) is 6.33 Å². The van der Waals surface area contributed by atoms with Crippen LogP contribution in [0.3, 0.4) is 0 Å². The number of nitrogens with zero attached hydrogens (tertiary/aromatic N) is 2. The highest BCUT2D eigenvalue weighted by Crippen LogP contribution is 2.42. The topological polar surface area (TPSA) is 41.6 Å². The molecule has 0 saturated heterocycles. The van der Waals surface area contributed by atoms with Crippen molar-refractivity contribution < 1.29 is 0 Å². The number of hydrogen-bond acceptors (Lipinski definition) is 3. The quantitative estimate of drug-likeness (QED) is 0.679. The van der Waals surface area contributed by atoms with Gasteiger partial charge in [-0.05, 0) is 18.3 Å². The highest BCUT2D eigenvalue weighted by Gasteiger charge is 2.32. The number of H-pyrrole nitrogens is 1. The Bertz CT molecular complexity index is 270. The molecule has 1 N–H and O–H groups in total. The number of alkyl halides is 1. The summed E-state index contributed by atoms with van der Waals surface area (Å²) in [5, 5.41) is 8.79. The lowest BCUT2D eigenvalue weighted by Gasteiger charge is -2.25. The average molecular weight is 276 g/mol. The van der Waals surface area contributed by atoms with Gasteiger partial charge in [0.05, 0.1) is 0 Å². The van der Waals surface area contributed by atoms with Crippen molar-refractivity contribution in [1.82, 2.24) is 15.2 Å². The third-order valence-electron chi connectivity index (χ3n) is 2.86. The Hall–Kier alpha value is -0.0300. The Kier molecular flexibility index (Phi) is 3.49. The smallest absolute Gasteiger partial charge is 0.183 e. The van der Waals surface area contributed by atoms with Crippen LogP contribution in [0, 0.1) is 5.41 Å². The summed E-state index contributed by atoms with van der Waals surface area (Å²) in [6.45, 7) is 0. The van der Waals surface area contributed by atoms with Crippen molar-refractivity contribution in [2.45, 2.75) is 30.8 Å². The Labute approximate surface area is 96.6 Å². The molecular weight excluding hydrogens is 262 g/mol. The molecule has 14 heavy (non-hydrogen) atoms. The maximum Gasteiger partial charge on any atom is 0.183 e. The van der Waals surface area contributed by atoms with Crippen molar-refractivity contribution in [3.63, 3.8) is 0 Å². The van der Waals surface area contributed by atoms with Crippen molar-refractivity contribution in [3.05, 3.63) is 6.33 Å². The summed E-state index contributed by atoms with van der Waals surface area (Å²) in [5.41, 5.74) is 0.497. The van der Waals surface area contributed by atoms with E-state index in [-0.39, 0.29) is 0 Å². The summed E-state index contributed by atoms with van der Waals surface area (Å²) in [4.78, 5) is 4.12.